The van der Waals surface area contributed by atoms with E-state index < -0.39 is 0 Å². The Morgan fingerprint density at radius 2 is 1.71 bits per heavy atom. The highest BCUT2D eigenvalue weighted by atomic mass is 16.5. The molecule has 3 aromatic rings. The van der Waals surface area contributed by atoms with E-state index in [0.29, 0.717) is 11.3 Å². The van der Waals surface area contributed by atoms with Crippen LogP contribution in [-0.4, -0.2) is 19.2 Å². The van der Waals surface area contributed by atoms with Crippen LogP contribution in [0.15, 0.2) is 65.8 Å². The molecule has 0 aliphatic carbocycles. The third-order valence-electron chi connectivity index (χ3n) is 3.87. The number of hydrogen-bond donors (Lipinski definition) is 1. The maximum Gasteiger partial charge on any atom is 0.275 e. The first-order valence-electron chi connectivity index (χ1n) is 7.65. The molecule has 4 heteroatoms. The predicted octanol–water partition coefficient (Wildman–Crippen LogP) is 3.92. The summed E-state index contributed by atoms with van der Waals surface area (Å²) in [4.78, 5) is 12.4. The summed E-state index contributed by atoms with van der Waals surface area (Å²) >= 11 is 0. The summed E-state index contributed by atoms with van der Waals surface area (Å²) in [6.07, 6.45) is 1.64. The van der Waals surface area contributed by atoms with Crippen LogP contribution in [0.3, 0.4) is 0 Å². The smallest absolute Gasteiger partial charge is 0.275 e. The Morgan fingerprint density at radius 3 is 2.42 bits per heavy atom. The summed E-state index contributed by atoms with van der Waals surface area (Å²) < 4.78 is 5.35. The van der Waals surface area contributed by atoms with Gasteiger partial charge in [0, 0.05) is 0 Å². The number of benzene rings is 3. The topological polar surface area (TPSA) is 50.7 Å². The second-order valence-electron chi connectivity index (χ2n) is 5.46. The van der Waals surface area contributed by atoms with Crippen LogP contribution >= 0.6 is 0 Å². The minimum Gasteiger partial charge on any atom is -0.496 e. The third kappa shape index (κ3) is 3.27. The quantitative estimate of drug-likeness (QED) is 0.585. The van der Waals surface area contributed by atoms with Crippen molar-refractivity contribution in [2.24, 2.45) is 5.10 Å². The number of carbonyl (C=O) groups excluding carboxylic acids is 1. The van der Waals surface area contributed by atoms with Crippen LogP contribution in [0, 0.1) is 6.92 Å². The number of amides is 1. The Hall–Kier alpha value is -3.14. The molecule has 0 aliphatic heterocycles. The van der Waals surface area contributed by atoms with Crippen molar-refractivity contribution in [3.05, 3.63) is 77.4 Å². The van der Waals surface area contributed by atoms with Gasteiger partial charge in [-0.1, -0.05) is 48.5 Å². The highest BCUT2D eigenvalue weighted by Gasteiger charge is 2.13. The first-order valence-corrected chi connectivity index (χ1v) is 7.65. The van der Waals surface area contributed by atoms with Gasteiger partial charge in [0.05, 0.1) is 18.9 Å². The van der Waals surface area contributed by atoms with E-state index in [1.807, 2.05) is 67.6 Å². The first kappa shape index (κ1) is 15.7. The van der Waals surface area contributed by atoms with Gasteiger partial charge in [0.2, 0.25) is 0 Å². The molecule has 0 aromatic heterocycles. The van der Waals surface area contributed by atoms with Crippen LogP contribution in [0.5, 0.6) is 5.75 Å². The van der Waals surface area contributed by atoms with Gasteiger partial charge in [-0.3, -0.25) is 4.79 Å². The van der Waals surface area contributed by atoms with Crippen molar-refractivity contribution in [2.75, 3.05) is 7.11 Å². The zero-order valence-electron chi connectivity index (χ0n) is 13.6. The van der Waals surface area contributed by atoms with E-state index >= 15 is 0 Å². The van der Waals surface area contributed by atoms with Gasteiger partial charge in [0.15, 0.2) is 0 Å². The first-order chi connectivity index (χ1) is 11.7. The molecule has 0 saturated carbocycles. The van der Waals surface area contributed by atoms with E-state index in [9.17, 15) is 4.79 Å². The summed E-state index contributed by atoms with van der Waals surface area (Å²) in [5.41, 5.74) is 5.08. The molecular formula is C20H18N2O2. The number of fused-ring (bicyclic) bond motifs is 1. The second kappa shape index (κ2) is 6.96. The molecule has 1 N–H and O–H groups in total. The van der Waals surface area contributed by atoms with E-state index in [4.69, 9.17) is 4.74 Å². The number of aryl methyl sites for hydroxylation is 1. The van der Waals surface area contributed by atoms with Crippen LogP contribution < -0.4 is 10.2 Å². The number of hydrazone groups is 1. The van der Waals surface area contributed by atoms with Gasteiger partial charge in [0.1, 0.15) is 5.75 Å². The molecule has 0 unspecified atom stereocenters. The number of hydrogen-bond acceptors (Lipinski definition) is 3. The Kier molecular flexibility index (Phi) is 4.57. The zero-order valence-corrected chi connectivity index (χ0v) is 13.6. The fourth-order valence-corrected chi connectivity index (χ4v) is 2.52. The van der Waals surface area contributed by atoms with E-state index in [1.165, 1.54) is 0 Å². The van der Waals surface area contributed by atoms with Crippen molar-refractivity contribution in [3.63, 3.8) is 0 Å². The van der Waals surface area contributed by atoms with E-state index in [1.54, 1.807) is 13.3 Å². The average molecular weight is 318 g/mol. The maximum absolute atomic E-state index is 12.4. The lowest BCUT2D eigenvalue weighted by Gasteiger charge is -2.09. The van der Waals surface area contributed by atoms with Gasteiger partial charge in [-0.15, -0.1) is 0 Å². The minimum absolute atomic E-state index is 0.303. The third-order valence-corrected chi connectivity index (χ3v) is 3.87. The summed E-state index contributed by atoms with van der Waals surface area (Å²) in [5, 5.41) is 6.05. The number of carbonyl (C=O) groups is 1. The minimum atomic E-state index is -0.303. The van der Waals surface area contributed by atoms with Crippen LogP contribution in [0.25, 0.3) is 10.8 Å². The van der Waals surface area contributed by atoms with Crippen LogP contribution in [-0.2, 0) is 0 Å². The van der Waals surface area contributed by atoms with Crippen molar-refractivity contribution < 1.29 is 9.53 Å². The molecule has 3 rings (SSSR count). The Labute approximate surface area is 140 Å². The monoisotopic (exact) mass is 318 g/mol. The number of ether oxygens (including phenoxy) is 1. The lowest BCUT2D eigenvalue weighted by molar-refractivity contribution is 0.0952. The van der Waals surface area contributed by atoms with Gasteiger partial charge >= 0.3 is 0 Å². The molecule has 0 atom stereocenters. The molecule has 0 saturated heterocycles. The number of methoxy groups -OCH3 is 1. The van der Waals surface area contributed by atoms with Gasteiger partial charge < -0.3 is 4.74 Å². The molecule has 0 heterocycles. The average Bonchev–Trinajstić information content (AvgIpc) is 2.62. The van der Waals surface area contributed by atoms with Crippen LogP contribution in [0.1, 0.15) is 21.5 Å². The highest BCUT2D eigenvalue weighted by molar-refractivity contribution is 6.02. The lowest BCUT2D eigenvalue weighted by atomic mass is 10.1. The molecule has 0 spiro atoms. The standard InChI is InChI=1S/C20H18N2O2/c1-14-7-3-4-10-17(14)13-21-22-20(23)18-11-15-8-5-6-9-16(15)12-19(18)24-2/h3-13H,1-2H3,(H,22,23)/b21-13-. The number of nitrogens with one attached hydrogen (secondary N) is 1. The van der Waals surface area contributed by atoms with Gasteiger partial charge in [-0.05, 0) is 41.0 Å². The molecule has 120 valence electrons. The largest absolute Gasteiger partial charge is 0.496 e. The molecule has 24 heavy (non-hydrogen) atoms. The molecule has 0 radical (unpaired) electrons. The van der Waals surface area contributed by atoms with Crippen molar-refractivity contribution in [1.82, 2.24) is 5.43 Å². The van der Waals surface area contributed by atoms with Crippen molar-refractivity contribution in [2.45, 2.75) is 6.92 Å². The van der Waals surface area contributed by atoms with Crippen LogP contribution in [0.4, 0.5) is 0 Å². The van der Waals surface area contributed by atoms with E-state index in [-0.39, 0.29) is 5.91 Å². The Balaban J connectivity index is 1.84. The van der Waals surface area contributed by atoms with Crippen LogP contribution in [0.2, 0.25) is 0 Å². The molecule has 4 nitrogen and oxygen atoms in total. The molecule has 3 aromatic carbocycles. The number of nitrogens with zero attached hydrogens (tertiary/aromatic N) is 1. The SMILES string of the molecule is COc1cc2ccccc2cc1C(=O)N/N=C\c1ccccc1C. The summed E-state index contributed by atoms with van der Waals surface area (Å²) in [7, 11) is 1.55. The predicted molar refractivity (Wildman–Crippen MR) is 96.7 cm³/mol. The fraction of sp³-hybridized carbons (Fsp3) is 0.100. The maximum atomic E-state index is 12.4. The van der Waals surface area contributed by atoms with Gasteiger partial charge in [-0.2, -0.15) is 5.10 Å². The fourth-order valence-electron chi connectivity index (χ4n) is 2.52. The normalized spacial score (nSPS) is 10.9. The highest BCUT2D eigenvalue weighted by Crippen LogP contribution is 2.25. The van der Waals surface area contributed by atoms with Crippen molar-refractivity contribution >= 4 is 22.9 Å². The van der Waals surface area contributed by atoms with Gasteiger partial charge in [0.25, 0.3) is 5.91 Å². The van der Waals surface area contributed by atoms with Crippen molar-refractivity contribution in [3.8, 4) is 5.75 Å². The molecule has 0 bridgehead atoms. The second-order valence-corrected chi connectivity index (χ2v) is 5.46. The summed E-state index contributed by atoms with van der Waals surface area (Å²) in [6, 6.07) is 19.3. The molecule has 0 aliphatic rings. The van der Waals surface area contributed by atoms with Crippen molar-refractivity contribution in [1.29, 1.82) is 0 Å². The van der Waals surface area contributed by atoms with E-state index in [2.05, 4.69) is 10.5 Å². The lowest BCUT2D eigenvalue weighted by Crippen LogP contribution is -2.18. The summed E-state index contributed by atoms with van der Waals surface area (Å²) in [6.45, 7) is 2.00. The number of rotatable bonds is 4. The Bertz CT molecular complexity index is 916. The molecule has 1 amide bonds. The zero-order chi connectivity index (χ0) is 16.9. The van der Waals surface area contributed by atoms with Gasteiger partial charge in [-0.25, -0.2) is 5.43 Å². The molecular weight excluding hydrogens is 300 g/mol. The van der Waals surface area contributed by atoms with E-state index in [0.717, 1.165) is 21.9 Å². The molecule has 0 fully saturated rings. The summed E-state index contributed by atoms with van der Waals surface area (Å²) in [5.74, 6) is 0.222. The Morgan fingerprint density at radius 1 is 1.04 bits per heavy atom.